The molecule has 3 aromatic rings. The summed E-state index contributed by atoms with van der Waals surface area (Å²) in [5.74, 6) is -0.555. The summed E-state index contributed by atoms with van der Waals surface area (Å²) in [5, 5.41) is 10.9. The van der Waals surface area contributed by atoms with E-state index in [1.807, 2.05) is 0 Å². The second kappa shape index (κ2) is 5.28. The molecule has 0 aliphatic rings. The van der Waals surface area contributed by atoms with Crippen molar-refractivity contribution in [1.29, 1.82) is 0 Å². The topological polar surface area (TPSA) is 86.7 Å². The quantitative estimate of drug-likeness (QED) is 0.421. The lowest BCUT2D eigenvalue weighted by atomic mass is 10.1. The Morgan fingerprint density at radius 2 is 2.09 bits per heavy atom. The van der Waals surface area contributed by atoms with Crippen molar-refractivity contribution < 1.29 is 14.5 Å². The summed E-state index contributed by atoms with van der Waals surface area (Å²) < 4.78 is 6.41. The lowest BCUT2D eigenvalue weighted by Gasteiger charge is -2.03. The number of pyridine rings is 1. The maximum Gasteiger partial charge on any atom is 0.357 e. The van der Waals surface area contributed by atoms with Crippen LogP contribution < -0.4 is 0 Å². The SMILES string of the molecule is COC(=O)c1c(-c2cccc([N+](=O)[O-])c2)nc2ccccn12. The van der Waals surface area contributed by atoms with E-state index in [-0.39, 0.29) is 11.4 Å². The number of carbonyl (C=O) groups is 1. The second-order valence-corrected chi connectivity index (χ2v) is 4.54. The lowest BCUT2D eigenvalue weighted by molar-refractivity contribution is -0.384. The molecule has 0 N–H and O–H groups in total. The van der Waals surface area contributed by atoms with E-state index in [4.69, 9.17) is 4.74 Å². The number of carbonyl (C=O) groups excluding carboxylic acids is 1. The van der Waals surface area contributed by atoms with Crippen molar-refractivity contribution >= 4 is 17.3 Å². The van der Waals surface area contributed by atoms with E-state index in [9.17, 15) is 14.9 Å². The van der Waals surface area contributed by atoms with Gasteiger partial charge < -0.3 is 4.74 Å². The maximum absolute atomic E-state index is 12.1. The van der Waals surface area contributed by atoms with E-state index in [1.165, 1.54) is 19.2 Å². The lowest BCUT2D eigenvalue weighted by Crippen LogP contribution is -2.06. The molecule has 0 bridgehead atoms. The van der Waals surface area contributed by atoms with Gasteiger partial charge in [-0.1, -0.05) is 18.2 Å². The minimum atomic E-state index is -0.555. The van der Waals surface area contributed by atoms with Crippen molar-refractivity contribution in [2.24, 2.45) is 0 Å². The summed E-state index contributed by atoms with van der Waals surface area (Å²) in [6.45, 7) is 0. The Hall–Kier alpha value is -3.22. The number of hydrogen-bond acceptors (Lipinski definition) is 5. The molecule has 0 aliphatic heterocycles. The van der Waals surface area contributed by atoms with E-state index < -0.39 is 10.9 Å². The molecule has 0 saturated carbocycles. The van der Waals surface area contributed by atoms with E-state index in [0.29, 0.717) is 16.9 Å². The highest BCUT2D eigenvalue weighted by atomic mass is 16.6. The average molecular weight is 297 g/mol. The third-order valence-electron chi connectivity index (χ3n) is 3.24. The van der Waals surface area contributed by atoms with Gasteiger partial charge >= 0.3 is 5.97 Å². The molecule has 0 aliphatic carbocycles. The zero-order valence-corrected chi connectivity index (χ0v) is 11.6. The van der Waals surface area contributed by atoms with Gasteiger partial charge in [0.05, 0.1) is 12.0 Å². The van der Waals surface area contributed by atoms with Gasteiger partial charge in [-0.3, -0.25) is 14.5 Å². The van der Waals surface area contributed by atoms with Gasteiger partial charge in [0.2, 0.25) is 0 Å². The number of methoxy groups -OCH3 is 1. The van der Waals surface area contributed by atoms with E-state index in [2.05, 4.69) is 4.98 Å². The highest BCUT2D eigenvalue weighted by molar-refractivity contribution is 5.96. The van der Waals surface area contributed by atoms with Crippen LogP contribution in [0.2, 0.25) is 0 Å². The Kier molecular flexibility index (Phi) is 3.30. The number of aromatic nitrogens is 2. The highest BCUT2D eigenvalue weighted by Crippen LogP contribution is 2.27. The number of benzene rings is 1. The number of nitro benzene ring substituents is 1. The van der Waals surface area contributed by atoms with Crippen molar-refractivity contribution in [3.63, 3.8) is 0 Å². The molecule has 3 rings (SSSR count). The fraction of sp³-hybridized carbons (Fsp3) is 0.0667. The highest BCUT2D eigenvalue weighted by Gasteiger charge is 2.22. The summed E-state index contributed by atoms with van der Waals surface area (Å²) >= 11 is 0. The Balaban J connectivity index is 2.28. The summed E-state index contributed by atoms with van der Waals surface area (Å²) in [6, 6.07) is 11.3. The van der Waals surface area contributed by atoms with Crippen molar-refractivity contribution in [2.45, 2.75) is 0 Å². The Bertz CT molecular complexity index is 885. The smallest absolute Gasteiger partial charge is 0.357 e. The monoisotopic (exact) mass is 297 g/mol. The molecule has 7 nitrogen and oxygen atoms in total. The van der Waals surface area contributed by atoms with E-state index in [1.54, 1.807) is 40.9 Å². The zero-order chi connectivity index (χ0) is 15.7. The van der Waals surface area contributed by atoms with Gasteiger partial charge in [0.15, 0.2) is 5.69 Å². The van der Waals surface area contributed by atoms with Crippen LogP contribution in [-0.2, 0) is 4.74 Å². The number of esters is 1. The molecule has 7 heteroatoms. The van der Waals surface area contributed by atoms with Crippen LogP contribution in [-0.4, -0.2) is 27.4 Å². The van der Waals surface area contributed by atoms with Crippen molar-refractivity contribution in [3.8, 4) is 11.3 Å². The third-order valence-corrected chi connectivity index (χ3v) is 3.24. The largest absolute Gasteiger partial charge is 0.464 e. The van der Waals surface area contributed by atoms with E-state index >= 15 is 0 Å². The number of fused-ring (bicyclic) bond motifs is 1. The molecular formula is C15H11N3O4. The van der Waals surface area contributed by atoms with E-state index in [0.717, 1.165) is 0 Å². The Morgan fingerprint density at radius 3 is 2.82 bits per heavy atom. The van der Waals surface area contributed by atoms with Crippen LogP contribution in [0.3, 0.4) is 0 Å². The summed E-state index contributed by atoms with van der Waals surface area (Å²) in [6.07, 6.45) is 1.69. The minimum absolute atomic E-state index is 0.0645. The Labute approximate surface area is 124 Å². The molecule has 1 aromatic carbocycles. The van der Waals surface area contributed by atoms with Gasteiger partial charge in [0.1, 0.15) is 11.3 Å². The van der Waals surface area contributed by atoms with Crippen LogP contribution in [0.5, 0.6) is 0 Å². The summed E-state index contributed by atoms with van der Waals surface area (Å²) in [5.41, 5.74) is 1.56. The standard InChI is InChI=1S/C15H11N3O4/c1-22-15(19)14-13(16-12-7-2-3-8-17(12)14)10-5-4-6-11(9-10)18(20)21/h2-9H,1H3. The number of imidazole rings is 1. The van der Waals surface area contributed by atoms with Crippen LogP contribution in [0.25, 0.3) is 16.9 Å². The first kappa shape index (κ1) is 13.7. The number of nitrogens with zero attached hydrogens (tertiary/aromatic N) is 3. The fourth-order valence-electron chi connectivity index (χ4n) is 2.26. The molecule has 22 heavy (non-hydrogen) atoms. The number of hydrogen-bond donors (Lipinski definition) is 0. The molecule has 0 amide bonds. The van der Waals surface area contributed by atoms with Crippen LogP contribution in [0.4, 0.5) is 5.69 Å². The molecule has 0 spiro atoms. The summed E-state index contributed by atoms with van der Waals surface area (Å²) in [4.78, 5) is 26.9. The molecule has 0 unspecified atom stereocenters. The fourth-order valence-corrected chi connectivity index (χ4v) is 2.26. The first-order valence-corrected chi connectivity index (χ1v) is 6.42. The van der Waals surface area contributed by atoms with Crippen molar-refractivity contribution in [3.05, 3.63) is 64.5 Å². The van der Waals surface area contributed by atoms with Gasteiger partial charge in [-0.25, -0.2) is 9.78 Å². The predicted octanol–water partition coefficient (Wildman–Crippen LogP) is 2.70. The molecule has 2 heterocycles. The van der Waals surface area contributed by atoms with Crippen LogP contribution in [0.15, 0.2) is 48.7 Å². The van der Waals surface area contributed by atoms with Crippen LogP contribution in [0, 0.1) is 10.1 Å². The summed E-state index contributed by atoms with van der Waals surface area (Å²) in [7, 11) is 1.28. The number of ether oxygens (including phenoxy) is 1. The van der Waals surface area contributed by atoms with Gasteiger partial charge in [0, 0.05) is 23.9 Å². The molecule has 0 saturated heterocycles. The Morgan fingerprint density at radius 1 is 1.27 bits per heavy atom. The van der Waals surface area contributed by atoms with Crippen molar-refractivity contribution in [2.75, 3.05) is 7.11 Å². The molecule has 0 radical (unpaired) electrons. The maximum atomic E-state index is 12.1. The molecule has 0 fully saturated rings. The zero-order valence-electron chi connectivity index (χ0n) is 11.6. The van der Waals surface area contributed by atoms with Crippen molar-refractivity contribution in [1.82, 2.24) is 9.38 Å². The minimum Gasteiger partial charge on any atom is -0.464 e. The molecule has 110 valence electrons. The number of rotatable bonds is 3. The number of nitro groups is 1. The first-order valence-electron chi connectivity index (χ1n) is 6.42. The molecule has 0 atom stereocenters. The van der Waals surface area contributed by atoms with Gasteiger partial charge in [-0.05, 0) is 12.1 Å². The number of non-ortho nitro benzene ring substituents is 1. The predicted molar refractivity (Wildman–Crippen MR) is 78.6 cm³/mol. The first-order chi connectivity index (χ1) is 10.6. The molecular weight excluding hydrogens is 286 g/mol. The normalized spacial score (nSPS) is 10.6. The van der Waals surface area contributed by atoms with Crippen LogP contribution >= 0.6 is 0 Å². The van der Waals surface area contributed by atoms with Gasteiger partial charge in [0.25, 0.3) is 5.69 Å². The van der Waals surface area contributed by atoms with Gasteiger partial charge in [-0.2, -0.15) is 0 Å². The molecule has 2 aromatic heterocycles. The van der Waals surface area contributed by atoms with Crippen LogP contribution in [0.1, 0.15) is 10.5 Å². The average Bonchev–Trinajstić information content (AvgIpc) is 2.93. The third kappa shape index (κ3) is 2.18. The second-order valence-electron chi connectivity index (χ2n) is 4.54. The van der Waals surface area contributed by atoms with Gasteiger partial charge in [-0.15, -0.1) is 0 Å².